The minimum Gasteiger partial charge on any atom is -0.0622 e. The molecule has 0 amide bonds. The van der Waals surface area contributed by atoms with Crippen molar-refractivity contribution in [3.8, 4) is 11.1 Å². The van der Waals surface area contributed by atoms with E-state index in [4.69, 9.17) is 20.4 Å². The SMILES string of the molecule is [Cl][Ni][Cl].c1ccc(P(c2ccccc2)c2cc3ccccc3c(-c3cccc4ccccc34)c2P(c2ccccc2)c2ccccc2)cc1. The molecule has 0 unspecified atom stereocenters. The number of fused-ring (bicyclic) bond motifs is 2. The maximum absolute atomic E-state index is 4.70. The van der Waals surface area contributed by atoms with Crippen LogP contribution in [0.5, 0.6) is 0 Å². The molecule has 0 bridgehead atoms. The van der Waals surface area contributed by atoms with Gasteiger partial charge in [-0.1, -0.05) is 188 Å². The van der Waals surface area contributed by atoms with Gasteiger partial charge in [0, 0.05) is 5.30 Å². The van der Waals surface area contributed by atoms with Crippen LogP contribution >= 0.6 is 36.2 Å². The molecule has 0 heterocycles. The predicted octanol–water partition coefficient (Wildman–Crippen LogP) is 10.6. The molecule has 0 nitrogen and oxygen atoms in total. The molecule has 0 atom stereocenters. The van der Waals surface area contributed by atoms with E-state index in [2.05, 4.69) is 194 Å². The van der Waals surface area contributed by atoms with Crippen LogP contribution in [-0.2, 0) is 12.7 Å². The molecule has 242 valence electrons. The molecule has 0 aliphatic carbocycles. The Bertz CT molecular complexity index is 2200. The monoisotopic (exact) mass is 750 g/mol. The third-order valence-corrected chi connectivity index (χ3v) is 13.8. The summed E-state index contributed by atoms with van der Waals surface area (Å²) in [7, 11) is 7.58. The topological polar surface area (TPSA) is 0 Å². The first-order valence-electron chi connectivity index (χ1n) is 15.9. The number of halogens is 2. The van der Waals surface area contributed by atoms with E-state index in [0.717, 1.165) is 0 Å². The Kier molecular flexibility index (Phi) is 11.2. The molecule has 0 aliphatic rings. The Labute approximate surface area is 305 Å². The third-order valence-electron chi connectivity index (χ3n) is 8.58. The van der Waals surface area contributed by atoms with Crippen LogP contribution in [0.3, 0.4) is 0 Å². The fourth-order valence-corrected chi connectivity index (χ4v) is 12.1. The van der Waals surface area contributed by atoms with E-state index in [1.54, 1.807) is 0 Å². The van der Waals surface area contributed by atoms with Gasteiger partial charge in [0.05, 0.1) is 0 Å². The van der Waals surface area contributed by atoms with Gasteiger partial charge in [-0.3, -0.25) is 0 Å². The zero-order valence-electron chi connectivity index (χ0n) is 26.4. The number of rotatable bonds is 7. The molecule has 0 fully saturated rings. The first-order chi connectivity index (χ1) is 24.3. The number of hydrogen-bond donors (Lipinski definition) is 0. The van der Waals surface area contributed by atoms with Crippen molar-refractivity contribution < 1.29 is 12.7 Å². The molecule has 8 rings (SSSR count). The summed E-state index contributed by atoms with van der Waals surface area (Å²) in [4.78, 5) is 0. The van der Waals surface area contributed by atoms with E-state index < -0.39 is 15.8 Å². The Morgan fingerprint density at radius 3 is 1.27 bits per heavy atom. The zero-order valence-corrected chi connectivity index (χ0v) is 30.7. The molecule has 0 N–H and O–H groups in total. The molecule has 8 aromatic carbocycles. The largest absolute Gasteiger partial charge is 0.0622 e. The van der Waals surface area contributed by atoms with Crippen molar-refractivity contribution in [1.29, 1.82) is 0 Å². The standard InChI is InChI=1S/C44H32P2.2ClH.Ni/c1-5-21-35(22-6-1)45(36-23-7-2-8-24-36)42-32-34-19-14-16-30-40(34)43(41-31-17-20-33-18-13-15-29-39(33)41)44(42)46(37-25-9-3-10-26-37)38-27-11-4-12-28-38;;;/h1-32H;2*1H;/q;;;+2/p-2. The number of hydrogen-bond acceptors (Lipinski definition) is 0. The smallest absolute Gasteiger partial charge is 0.00177 e. The van der Waals surface area contributed by atoms with Crippen molar-refractivity contribution in [2.45, 2.75) is 0 Å². The molecular weight excluding hydrogens is 720 g/mol. The Morgan fingerprint density at radius 1 is 0.367 bits per heavy atom. The predicted molar refractivity (Wildman–Crippen MR) is 216 cm³/mol. The maximum atomic E-state index is 4.70. The molecule has 8 aromatic rings. The van der Waals surface area contributed by atoms with E-state index in [0.29, 0.717) is 12.7 Å². The second kappa shape index (κ2) is 16.3. The third kappa shape index (κ3) is 7.25. The molecule has 49 heavy (non-hydrogen) atoms. The maximum Gasteiger partial charge on any atom is 0.00177 e. The molecule has 0 saturated carbocycles. The van der Waals surface area contributed by atoms with Gasteiger partial charge in [-0.2, -0.15) is 0 Å². The first kappa shape index (κ1) is 33.7. The first-order valence-corrected chi connectivity index (χ1v) is 21.4. The van der Waals surface area contributed by atoms with Crippen molar-refractivity contribution >= 4 is 89.6 Å². The second-order valence-corrected chi connectivity index (χ2v) is 17.4. The summed E-state index contributed by atoms with van der Waals surface area (Å²) < 4.78 is 0. The van der Waals surface area contributed by atoms with E-state index in [1.165, 1.54) is 64.5 Å². The van der Waals surface area contributed by atoms with Gasteiger partial charge in [0.15, 0.2) is 0 Å². The van der Waals surface area contributed by atoms with Crippen molar-refractivity contribution in [3.63, 3.8) is 0 Å². The van der Waals surface area contributed by atoms with E-state index >= 15 is 0 Å². The summed E-state index contributed by atoms with van der Waals surface area (Å²) in [6, 6.07) is 71.9. The average Bonchev–Trinajstić information content (AvgIpc) is 3.17. The van der Waals surface area contributed by atoms with Crippen molar-refractivity contribution in [1.82, 2.24) is 0 Å². The summed E-state index contributed by atoms with van der Waals surface area (Å²) in [5, 5.41) is 13.4. The minimum atomic E-state index is -0.937. The molecule has 5 heteroatoms. The fourth-order valence-electron chi connectivity index (χ4n) is 6.58. The van der Waals surface area contributed by atoms with Crippen molar-refractivity contribution in [2.75, 3.05) is 0 Å². The number of benzene rings is 8. The van der Waals surface area contributed by atoms with Crippen LogP contribution < -0.4 is 31.8 Å². The molecule has 0 saturated heterocycles. The van der Waals surface area contributed by atoms with Gasteiger partial charge in [0.2, 0.25) is 0 Å². The minimum absolute atomic E-state index is 0.569. The molecule has 0 aliphatic heterocycles. The van der Waals surface area contributed by atoms with E-state index in [-0.39, 0.29) is 0 Å². The van der Waals surface area contributed by atoms with Crippen LogP contribution in [0, 0.1) is 0 Å². The van der Waals surface area contributed by atoms with Crippen LogP contribution in [0.25, 0.3) is 32.7 Å². The fraction of sp³-hybridized carbons (Fsp3) is 0. The van der Waals surface area contributed by atoms with Crippen LogP contribution in [0.1, 0.15) is 0 Å². The molecule has 0 aromatic heterocycles. The summed E-state index contributed by atoms with van der Waals surface area (Å²) >= 11 is 0.569. The van der Waals surface area contributed by atoms with Gasteiger partial charge in [0.25, 0.3) is 0 Å². The van der Waals surface area contributed by atoms with Crippen LogP contribution in [0.15, 0.2) is 194 Å². The Hall–Kier alpha value is -3.79. The van der Waals surface area contributed by atoms with Crippen LogP contribution in [0.4, 0.5) is 0 Å². The van der Waals surface area contributed by atoms with E-state index in [9.17, 15) is 0 Å². The molecular formula is C44H32Cl2NiP2. The van der Waals surface area contributed by atoms with Gasteiger partial charge in [0.1, 0.15) is 0 Å². The van der Waals surface area contributed by atoms with Gasteiger partial charge in [-0.05, 0) is 81.1 Å². The van der Waals surface area contributed by atoms with Crippen molar-refractivity contribution in [3.05, 3.63) is 194 Å². The van der Waals surface area contributed by atoms with Crippen molar-refractivity contribution in [2.24, 2.45) is 0 Å². The van der Waals surface area contributed by atoms with E-state index in [1.807, 2.05) is 0 Å². The second-order valence-electron chi connectivity index (χ2n) is 11.4. The molecule has 0 spiro atoms. The normalized spacial score (nSPS) is 11.2. The zero-order chi connectivity index (χ0) is 33.4. The van der Waals surface area contributed by atoms with Crippen LogP contribution in [0.2, 0.25) is 0 Å². The van der Waals surface area contributed by atoms with Crippen LogP contribution in [-0.4, -0.2) is 0 Å². The van der Waals surface area contributed by atoms with Gasteiger partial charge in [-0.15, -0.1) is 0 Å². The average molecular weight is 752 g/mol. The Balaban J connectivity index is 0.00000122. The molecule has 0 radical (unpaired) electrons. The quantitative estimate of drug-likeness (QED) is 0.112. The van der Waals surface area contributed by atoms with Gasteiger partial charge >= 0.3 is 33.0 Å². The van der Waals surface area contributed by atoms with Gasteiger partial charge < -0.3 is 0 Å². The summed E-state index contributed by atoms with van der Waals surface area (Å²) in [5.74, 6) is 0. The van der Waals surface area contributed by atoms with Gasteiger partial charge in [-0.25, -0.2) is 0 Å². The summed E-state index contributed by atoms with van der Waals surface area (Å²) in [5.41, 5.74) is 2.64. The summed E-state index contributed by atoms with van der Waals surface area (Å²) in [6.07, 6.45) is 0. The summed E-state index contributed by atoms with van der Waals surface area (Å²) in [6.45, 7) is 0. The Morgan fingerprint density at radius 2 is 0.755 bits per heavy atom.